The quantitative estimate of drug-likeness (QED) is 0.740. The summed E-state index contributed by atoms with van der Waals surface area (Å²) in [6.45, 7) is 3.79. The highest BCUT2D eigenvalue weighted by molar-refractivity contribution is 8.00. The third-order valence-corrected chi connectivity index (χ3v) is 3.92. The van der Waals surface area contributed by atoms with E-state index >= 15 is 0 Å². The van der Waals surface area contributed by atoms with Crippen molar-refractivity contribution in [2.75, 3.05) is 13.1 Å². The zero-order valence-corrected chi connectivity index (χ0v) is 9.61. The minimum absolute atomic E-state index is 0.208. The van der Waals surface area contributed by atoms with Crippen molar-refractivity contribution in [2.24, 2.45) is 5.73 Å². The predicted octanol–water partition coefficient (Wildman–Crippen LogP) is 1.13. The zero-order chi connectivity index (χ0) is 10.4. The Labute approximate surface area is 90.2 Å². The second-order valence-electron chi connectivity index (χ2n) is 3.84. The Kier molecular flexibility index (Phi) is 5.33. The van der Waals surface area contributed by atoms with E-state index in [1.165, 1.54) is 0 Å². The van der Waals surface area contributed by atoms with Crippen LogP contribution < -0.4 is 11.1 Å². The molecule has 14 heavy (non-hydrogen) atoms. The lowest BCUT2D eigenvalue weighted by Gasteiger charge is -2.17. The molecule has 0 aliphatic carbocycles. The number of rotatable bonds is 4. The lowest BCUT2D eigenvalue weighted by molar-refractivity contribution is -0.120. The van der Waals surface area contributed by atoms with Gasteiger partial charge in [-0.05, 0) is 25.8 Å². The first kappa shape index (κ1) is 11.9. The van der Waals surface area contributed by atoms with Crippen molar-refractivity contribution in [2.45, 2.75) is 43.1 Å². The van der Waals surface area contributed by atoms with E-state index in [-0.39, 0.29) is 5.91 Å². The largest absolute Gasteiger partial charge is 0.356 e. The topological polar surface area (TPSA) is 55.1 Å². The normalized spacial score (nSPS) is 25.3. The Hall–Kier alpha value is -0.220. The second kappa shape index (κ2) is 6.30. The summed E-state index contributed by atoms with van der Waals surface area (Å²) in [7, 11) is 0. The van der Waals surface area contributed by atoms with Gasteiger partial charge in [-0.15, -0.1) is 0 Å². The van der Waals surface area contributed by atoms with E-state index in [1.54, 1.807) is 0 Å². The molecule has 0 bridgehead atoms. The fraction of sp³-hybridized carbons (Fsp3) is 0.900. The second-order valence-corrected chi connectivity index (χ2v) is 5.59. The number of carbonyl (C=O) groups is 1. The maximum absolute atomic E-state index is 11.3. The van der Waals surface area contributed by atoms with Gasteiger partial charge in [0.2, 0.25) is 5.91 Å². The van der Waals surface area contributed by atoms with Crippen molar-refractivity contribution < 1.29 is 4.79 Å². The SMILES string of the molecule is CC(CCN)SC1CCCNC(=O)C1. The molecule has 4 heteroatoms. The molecule has 2 atom stereocenters. The van der Waals surface area contributed by atoms with Gasteiger partial charge in [-0.25, -0.2) is 0 Å². The lowest BCUT2D eigenvalue weighted by atomic mass is 10.2. The van der Waals surface area contributed by atoms with Crippen LogP contribution in [0.15, 0.2) is 0 Å². The van der Waals surface area contributed by atoms with Crippen molar-refractivity contribution in [3.8, 4) is 0 Å². The molecule has 3 N–H and O–H groups in total. The number of thioether (sulfide) groups is 1. The van der Waals surface area contributed by atoms with Crippen LogP contribution in [0.5, 0.6) is 0 Å². The van der Waals surface area contributed by atoms with Crippen LogP contribution in [0.25, 0.3) is 0 Å². The highest BCUT2D eigenvalue weighted by Crippen LogP contribution is 2.27. The van der Waals surface area contributed by atoms with Crippen LogP contribution in [0, 0.1) is 0 Å². The van der Waals surface area contributed by atoms with E-state index < -0.39 is 0 Å². The van der Waals surface area contributed by atoms with Crippen molar-refractivity contribution in [1.82, 2.24) is 5.32 Å². The van der Waals surface area contributed by atoms with Gasteiger partial charge in [-0.2, -0.15) is 11.8 Å². The zero-order valence-electron chi connectivity index (χ0n) is 8.79. The molecule has 1 amide bonds. The van der Waals surface area contributed by atoms with E-state index in [2.05, 4.69) is 12.2 Å². The molecule has 1 fully saturated rings. The predicted molar refractivity (Wildman–Crippen MR) is 61.4 cm³/mol. The minimum atomic E-state index is 0.208. The van der Waals surface area contributed by atoms with Gasteiger partial charge < -0.3 is 11.1 Å². The molecule has 2 unspecified atom stereocenters. The molecular formula is C10H20N2OS. The van der Waals surface area contributed by atoms with Crippen LogP contribution in [-0.4, -0.2) is 29.5 Å². The van der Waals surface area contributed by atoms with Crippen molar-refractivity contribution in [3.05, 3.63) is 0 Å². The maximum atomic E-state index is 11.3. The Morgan fingerprint density at radius 1 is 1.71 bits per heavy atom. The molecule has 1 aliphatic rings. The van der Waals surface area contributed by atoms with Crippen LogP contribution in [-0.2, 0) is 4.79 Å². The third kappa shape index (κ3) is 4.33. The average Bonchev–Trinajstić information content (AvgIpc) is 2.30. The van der Waals surface area contributed by atoms with Crippen molar-refractivity contribution >= 4 is 17.7 Å². The van der Waals surface area contributed by atoms with Crippen LogP contribution in [0.4, 0.5) is 0 Å². The fourth-order valence-corrected chi connectivity index (χ4v) is 3.17. The Morgan fingerprint density at radius 2 is 2.50 bits per heavy atom. The standard InChI is InChI=1S/C10H20N2OS/c1-8(4-5-11)14-9-3-2-6-12-10(13)7-9/h8-9H,2-7,11H2,1H3,(H,12,13). The Balaban J connectivity index is 2.30. The van der Waals surface area contributed by atoms with Gasteiger partial charge in [0.25, 0.3) is 0 Å². The fourth-order valence-electron chi connectivity index (χ4n) is 1.69. The monoisotopic (exact) mass is 216 g/mol. The van der Waals surface area contributed by atoms with Crippen LogP contribution >= 0.6 is 11.8 Å². The van der Waals surface area contributed by atoms with E-state index in [4.69, 9.17) is 5.73 Å². The summed E-state index contributed by atoms with van der Waals surface area (Å²) in [6.07, 6.45) is 3.99. The van der Waals surface area contributed by atoms with Gasteiger partial charge >= 0.3 is 0 Å². The summed E-state index contributed by atoms with van der Waals surface area (Å²) in [4.78, 5) is 11.3. The Morgan fingerprint density at radius 3 is 3.21 bits per heavy atom. The number of hydrogen-bond donors (Lipinski definition) is 2. The number of carbonyl (C=O) groups excluding carboxylic acids is 1. The summed E-state index contributed by atoms with van der Waals surface area (Å²) >= 11 is 1.92. The summed E-state index contributed by atoms with van der Waals surface area (Å²) in [6, 6.07) is 0. The molecule has 0 aromatic carbocycles. The number of amides is 1. The summed E-state index contributed by atoms with van der Waals surface area (Å²) in [5.74, 6) is 0.208. The molecule has 0 radical (unpaired) electrons. The van der Waals surface area contributed by atoms with Crippen LogP contribution in [0.3, 0.4) is 0 Å². The number of nitrogens with two attached hydrogens (primary N) is 1. The van der Waals surface area contributed by atoms with Gasteiger partial charge in [0.1, 0.15) is 0 Å². The Bertz CT molecular complexity index is 187. The van der Waals surface area contributed by atoms with Gasteiger partial charge in [0.15, 0.2) is 0 Å². The molecule has 0 spiro atoms. The molecule has 1 heterocycles. The molecule has 82 valence electrons. The van der Waals surface area contributed by atoms with E-state index in [0.717, 1.165) is 32.4 Å². The van der Waals surface area contributed by atoms with E-state index in [0.29, 0.717) is 16.9 Å². The van der Waals surface area contributed by atoms with Crippen LogP contribution in [0.1, 0.15) is 32.6 Å². The molecule has 0 aromatic heterocycles. The first-order valence-electron chi connectivity index (χ1n) is 5.34. The molecular weight excluding hydrogens is 196 g/mol. The number of nitrogens with one attached hydrogen (secondary N) is 1. The molecule has 0 saturated carbocycles. The minimum Gasteiger partial charge on any atom is -0.356 e. The molecule has 1 rings (SSSR count). The van der Waals surface area contributed by atoms with Crippen molar-refractivity contribution in [3.63, 3.8) is 0 Å². The van der Waals surface area contributed by atoms with Crippen molar-refractivity contribution in [1.29, 1.82) is 0 Å². The summed E-state index contributed by atoms with van der Waals surface area (Å²) < 4.78 is 0. The summed E-state index contributed by atoms with van der Waals surface area (Å²) in [5, 5.41) is 3.98. The van der Waals surface area contributed by atoms with Gasteiger partial charge in [-0.1, -0.05) is 6.92 Å². The first-order valence-corrected chi connectivity index (χ1v) is 6.29. The molecule has 1 saturated heterocycles. The van der Waals surface area contributed by atoms with Crippen LogP contribution in [0.2, 0.25) is 0 Å². The smallest absolute Gasteiger partial charge is 0.221 e. The number of hydrogen-bond acceptors (Lipinski definition) is 3. The molecule has 3 nitrogen and oxygen atoms in total. The average molecular weight is 216 g/mol. The lowest BCUT2D eigenvalue weighted by Crippen LogP contribution is -2.23. The molecule has 0 aromatic rings. The highest BCUT2D eigenvalue weighted by atomic mass is 32.2. The first-order chi connectivity index (χ1) is 6.72. The maximum Gasteiger partial charge on any atom is 0.221 e. The third-order valence-electron chi connectivity index (χ3n) is 2.44. The van der Waals surface area contributed by atoms with E-state index in [1.807, 2.05) is 11.8 Å². The molecule has 1 aliphatic heterocycles. The summed E-state index contributed by atoms with van der Waals surface area (Å²) in [5.41, 5.74) is 5.50. The highest BCUT2D eigenvalue weighted by Gasteiger charge is 2.19. The van der Waals surface area contributed by atoms with Gasteiger partial charge in [0, 0.05) is 23.5 Å². The van der Waals surface area contributed by atoms with Gasteiger partial charge in [0.05, 0.1) is 0 Å². The van der Waals surface area contributed by atoms with Gasteiger partial charge in [-0.3, -0.25) is 4.79 Å². The van der Waals surface area contributed by atoms with E-state index in [9.17, 15) is 4.79 Å².